The molecule has 0 saturated heterocycles. The lowest BCUT2D eigenvalue weighted by Gasteiger charge is -2.10. The molecule has 1 saturated carbocycles. The van der Waals surface area contributed by atoms with Gasteiger partial charge in [-0.1, -0.05) is 28.1 Å². The van der Waals surface area contributed by atoms with E-state index >= 15 is 0 Å². The van der Waals surface area contributed by atoms with Gasteiger partial charge in [-0.3, -0.25) is 4.79 Å². The standard InChI is InChI=1S/C18H15Br2NO5S/c1-26-18(23)11-4-7-15(20)16(8-11)27(24,25)21-17(22)14-9-13(14)10-2-5-12(19)6-3-10/h2-8,13-14H,9H2,1H3,(H,21,22)/t13-,14+/m0/s1. The Balaban J connectivity index is 1.76. The minimum Gasteiger partial charge on any atom is -0.465 e. The highest BCUT2D eigenvalue weighted by atomic mass is 79.9. The van der Waals surface area contributed by atoms with Crippen molar-refractivity contribution in [3.05, 3.63) is 62.5 Å². The summed E-state index contributed by atoms with van der Waals surface area (Å²) < 4.78 is 33.2. The second-order valence-electron chi connectivity index (χ2n) is 6.11. The van der Waals surface area contributed by atoms with Crippen LogP contribution in [0.4, 0.5) is 0 Å². The largest absolute Gasteiger partial charge is 0.465 e. The van der Waals surface area contributed by atoms with Crippen LogP contribution < -0.4 is 4.72 Å². The van der Waals surface area contributed by atoms with Gasteiger partial charge in [0, 0.05) is 14.9 Å². The second kappa shape index (κ2) is 7.73. The third-order valence-corrected chi connectivity index (χ3v) is 7.17. The Hall–Kier alpha value is -1.71. The van der Waals surface area contributed by atoms with Crippen molar-refractivity contribution in [3.8, 4) is 0 Å². The highest BCUT2D eigenvalue weighted by Gasteiger charge is 2.45. The SMILES string of the molecule is COC(=O)c1ccc(Br)c(S(=O)(=O)NC(=O)[C@@H]2C[C@H]2c2ccc(Br)cc2)c1. The number of benzene rings is 2. The monoisotopic (exact) mass is 515 g/mol. The van der Waals surface area contributed by atoms with Crippen LogP contribution >= 0.6 is 31.9 Å². The zero-order chi connectivity index (χ0) is 19.8. The first kappa shape index (κ1) is 20.0. The Bertz CT molecular complexity index is 1000. The summed E-state index contributed by atoms with van der Waals surface area (Å²) in [6.45, 7) is 0. The molecule has 0 aromatic heterocycles. The van der Waals surface area contributed by atoms with E-state index in [4.69, 9.17) is 0 Å². The third-order valence-electron chi connectivity index (χ3n) is 4.30. The third kappa shape index (κ3) is 4.41. The number of hydrogen-bond acceptors (Lipinski definition) is 5. The van der Waals surface area contributed by atoms with Crippen LogP contribution in [0.15, 0.2) is 56.3 Å². The molecule has 0 heterocycles. The van der Waals surface area contributed by atoms with E-state index in [1.807, 2.05) is 24.3 Å². The zero-order valence-electron chi connectivity index (χ0n) is 14.1. The zero-order valence-corrected chi connectivity index (χ0v) is 18.1. The minimum absolute atomic E-state index is 0.00172. The fourth-order valence-electron chi connectivity index (χ4n) is 2.78. The molecule has 27 heavy (non-hydrogen) atoms. The lowest BCUT2D eigenvalue weighted by molar-refractivity contribution is -0.120. The molecule has 0 spiro atoms. The molecule has 0 aliphatic heterocycles. The van der Waals surface area contributed by atoms with Gasteiger partial charge in [0.2, 0.25) is 5.91 Å². The Morgan fingerprint density at radius 2 is 1.78 bits per heavy atom. The number of carbonyl (C=O) groups is 2. The molecule has 3 rings (SSSR count). The van der Waals surface area contributed by atoms with Crippen LogP contribution in [0.5, 0.6) is 0 Å². The normalized spacial score (nSPS) is 18.6. The summed E-state index contributed by atoms with van der Waals surface area (Å²) in [5.41, 5.74) is 1.07. The van der Waals surface area contributed by atoms with Crippen LogP contribution in [0.2, 0.25) is 0 Å². The molecule has 142 valence electrons. The van der Waals surface area contributed by atoms with Gasteiger partial charge in [0.1, 0.15) is 4.90 Å². The fourth-order valence-corrected chi connectivity index (χ4v) is 5.06. The van der Waals surface area contributed by atoms with E-state index in [-0.39, 0.29) is 20.8 Å². The Morgan fingerprint density at radius 1 is 1.11 bits per heavy atom. The molecular formula is C18H15Br2NO5S. The Kier molecular flexibility index (Phi) is 5.73. The topological polar surface area (TPSA) is 89.5 Å². The summed E-state index contributed by atoms with van der Waals surface area (Å²) in [4.78, 5) is 23.9. The summed E-state index contributed by atoms with van der Waals surface area (Å²) in [6, 6.07) is 11.6. The number of hydrogen-bond donors (Lipinski definition) is 1. The maximum Gasteiger partial charge on any atom is 0.337 e. The highest BCUT2D eigenvalue weighted by Crippen LogP contribution is 2.47. The summed E-state index contributed by atoms with van der Waals surface area (Å²) in [5, 5.41) is 0. The summed E-state index contributed by atoms with van der Waals surface area (Å²) in [6.07, 6.45) is 0.590. The van der Waals surface area contributed by atoms with Crippen LogP contribution in [0.1, 0.15) is 28.3 Å². The van der Waals surface area contributed by atoms with Crippen molar-refractivity contribution in [2.45, 2.75) is 17.2 Å². The van der Waals surface area contributed by atoms with Gasteiger partial charge >= 0.3 is 5.97 Å². The van der Waals surface area contributed by atoms with E-state index in [9.17, 15) is 18.0 Å². The average Bonchev–Trinajstić information content (AvgIpc) is 3.42. The van der Waals surface area contributed by atoms with Crippen molar-refractivity contribution in [2.75, 3.05) is 7.11 Å². The first-order valence-corrected chi connectivity index (χ1v) is 11.0. The summed E-state index contributed by atoms with van der Waals surface area (Å²) in [7, 11) is -2.93. The van der Waals surface area contributed by atoms with Gasteiger partial charge in [-0.25, -0.2) is 17.9 Å². The molecule has 0 radical (unpaired) electrons. The highest BCUT2D eigenvalue weighted by molar-refractivity contribution is 9.10. The fraction of sp³-hybridized carbons (Fsp3) is 0.222. The number of amides is 1. The molecule has 2 atom stereocenters. The molecule has 9 heteroatoms. The molecule has 1 N–H and O–H groups in total. The molecule has 2 aromatic carbocycles. The van der Waals surface area contributed by atoms with Crippen molar-refractivity contribution in [1.29, 1.82) is 0 Å². The lowest BCUT2D eigenvalue weighted by Crippen LogP contribution is -2.32. The molecule has 1 amide bonds. The number of rotatable bonds is 5. The van der Waals surface area contributed by atoms with Gasteiger partial charge in [0.05, 0.1) is 12.7 Å². The van der Waals surface area contributed by atoms with Crippen LogP contribution in [0, 0.1) is 5.92 Å². The van der Waals surface area contributed by atoms with Gasteiger partial charge in [-0.05, 0) is 64.2 Å². The molecule has 1 aliphatic carbocycles. The van der Waals surface area contributed by atoms with E-state index in [1.54, 1.807) is 0 Å². The van der Waals surface area contributed by atoms with E-state index in [0.717, 1.165) is 10.0 Å². The van der Waals surface area contributed by atoms with Crippen LogP contribution in [0.25, 0.3) is 0 Å². The molecule has 2 aromatic rings. The van der Waals surface area contributed by atoms with Crippen molar-refractivity contribution in [3.63, 3.8) is 0 Å². The smallest absolute Gasteiger partial charge is 0.337 e. The maximum absolute atomic E-state index is 12.6. The van der Waals surface area contributed by atoms with Crippen LogP contribution in [-0.4, -0.2) is 27.4 Å². The number of ether oxygens (including phenoxy) is 1. The van der Waals surface area contributed by atoms with E-state index in [2.05, 4.69) is 41.3 Å². The van der Waals surface area contributed by atoms with Crippen molar-refractivity contribution >= 4 is 53.8 Å². The molecule has 0 unspecified atom stereocenters. The number of esters is 1. The van der Waals surface area contributed by atoms with Gasteiger partial charge < -0.3 is 4.74 Å². The Labute approximate surface area is 173 Å². The average molecular weight is 517 g/mol. The minimum atomic E-state index is -4.13. The van der Waals surface area contributed by atoms with E-state index in [1.165, 1.54) is 25.3 Å². The van der Waals surface area contributed by atoms with Crippen molar-refractivity contribution in [2.24, 2.45) is 5.92 Å². The second-order valence-corrected chi connectivity index (χ2v) is 9.53. The molecule has 6 nitrogen and oxygen atoms in total. The quantitative estimate of drug-likeness (QED) is 0.613. The number of sulfonamides is 1. The maximum atomic E-state index is 12.6. The van der Waals surface area contributed by atoms with Gasteiger partial charge in [0.25, 0.3) is 10.0 Å². The van der Waals surface area contributed by atoms with E-state index < -0.39 is 27.8 Å². The predicted molar refractivity (Wildman–Crippen MR) is 106 cm³/mol. The molecular weight excluding hydrogens is 502 g/mol. The van der Waals surface area contributed by atoms with Crippen LogP contribution in [0.3, 0.4) is 0 Å². The first-order valence-electron chi connectivity index (χ1n) is 7.93. The Morgan fingerprint density at radius 3 is 2.41 bits per heavy atom. The van der Waals surface area contributed by atoms with Crippen molar-refractivity contribution in [1.82, 2.24) is 4.72 Å². The summed E-state index contributed by atoms with van der Waals surface area (Å²) >= 11 is 6.50. The van der Waals surface area contributed by atoms with Crippen LogP contribution in [-0.2, 0) is 19.6 Å². The number of nitrogens with one attached hydrogen (secondary N) is 1. The molecule has 0 bridgehead atoms. The molecule has 1 aliphatic rings. The number of methoxy groups -OCH3 is 1. The summed E-state index contributed by atoms with van der Waals surface area (Å²) in [5.74, 6) is -1.62. The molecule has 1 fully saturated rings. The number of carbonyl (C=O) groups excluding carboxylic acids is 2. The van der Waals surface area contributed by atoms with Gasteiger partial charge in [0.15, 0.2) is 0 Å². The number of halogens is 2. The van der Waals surface area contributed by atoms with E-state index in [0.29, 0.717) is 6.42 Å². The van der Waals surface area contributed by atoms with Gasteiger partial charge in [-0.2, -0.15) is 0 Å². The predicted octanol–water partition coefficient (Wildman–Crippen LogP) is 3.61. The van der Waals surface area contributed by atoms with Crippen molar-refractivity contribution < 1.29 is 22.7 Å². The first-order chi connectivity index (χ1) is 12.7. The lowest BCUT2D eigenvalue weighted by atomic mass is 10.1. The van der Waals surface area contributed by atoms with Gasteiger partial charge in [-0.15, -0.1) is 0 Å².